The van der Waals surface area contributed by atoms with E-state index in [1.165, 1.54) is 23.1 Å². The molecule has 0 radical (unpaired) electrons. The average molecular weight is 316 g/mol. The zero-order valence-electron chi connectivity index (χ0n) is 10.7. The molecule has 2 aromatic heterocycles. The van der Waals surface area contributed by atoms with Gasteiger partial charge in [0.15, 0.2) is 11.6 Å². The maximum atomic E-state index is 12.2. The second kappa shape index (κ2) is 5.68. The third-order valence-corrected chi connectivity index (χ3v) is 4.15. The van der Waals surface area contributed by atoms with Gasteiger partial charge in [-0.1, -0.05) is 18.5 Å². The van der Waals surface area contributed by atoms with Crippen molar-refractivity contribution in [2.45, 2.75) is 24.8 Å². The van der Waals surface area contributed by atoms with E-state index in [0.29, 0.717) is 6.54 Å². The normalized spacial score (nSPS) is 11.5. The molecule has 0 aliphatic carbocycles. The molecule has 0 aromatic carbocycles. The third-order valence-electron chi connectivity index (χ3n) is 2.49. The van der Waals surface area contributed by atoms with Crippen molar-refractivity contribution in [2.24, 2.45) is 0 Å². The Balaban J connectivity index is 2.33. The number of nitrogens with one attached hydrogen (secondary N) is 1. The SMILES string of the molecule is CCCn1cc(S(=O)(=O)Nc2ncccc2Cl)c(N)n1. The Kier molecular flexibility index (Phi) is 4.15. The van der Waals surface area contributed by atoms with Crippen molar-refractivity contribution in [3.63, 3.8) is 0 Å². The first-order valence-electron chi connectivity index (χ1n) is 5.90. The van der Waals surface area contributed by atoms with Gasteiger partial charge in [-0.2, -0.15) is 5.10 Å². The lowest BCUT2D eigenvalue weighted by Crippen LogP contribution is -2.15. The summed E-state index contributed by atoms with van der Waals surface area (Å²) in [6.07, 6.45) is 3.64. The second-order valence-corrected chi connectivity index (χ2v) is 6.14. The molecular formula is C11H14ClN5O2S. The summed E-state index contributed by atoms with van der Waals surface area (Å²) in [6.45, 7) is 2.54. The topological polar surface area (TPSA) is 103 Å². The molecule has 20 heavy (non-hydrogen) atoms. The molecule has 0 amide bonds. The van der Waals surface area contributed by atoms with Crippen molar-refractivity contribution in [2.75, 3.05) is 10.5 Å². The highest BCUT2D eigenvalue weighted by Gasteiger charge is 2.22. The largest absolute Gasteiger partial charge is 0.381 e. The summed E-state index contributed by atoms with van der Waals surface area (Å²) >= 11 is 5.87. The van der Waals surface area contributed by atoms with Crippen molar-refractivity contribution in [3.8, 4) is 0 Å². The van der Waals surface area contributed by atoms with Gasteiger partial charge in [-0.05, 0) is 18.6 Å². The van der Waals surface area contributed by atoms with Crippen molar-refractivity contribution < 1.29 is 8.42 Å². The third kappa shape index (κ3) is 3.02. The van der Waals surface area contributed by atoms with Gasteiger partial charge in [-0.25, -0.2) is 13.4 Å². The maximum Gasteiger partial charge on any atom is 0.268 e. The van der Waals surface area contributed by atoms with Gasteiger partial charge in [-0.15, -0.1) is 0 Å². The molecule has 2 rings (SSSR count). The van der Waals surface area contributed by atoms with Crippen LogP contribution >= 0.6 is 11.6 Å². The van der Waals surface area contributed by atoms with Crippen LogP contribution < -0.4 is 10.5 Å². The number of sulfonamides is 1. The van der Waals surface area contributed by atoms with Crippen LogP contribution in [0, 0.1) is 0 Å². The first-order valence-corrected chi connectivity index (χ1v) is 7.76. The molecule has 108 valence electrons. The number of hydrogen-bond acceptors (Lipinski definition) is 5. The lowest BCUT2D eigenvalue weighted by atomic mass is 10.5. The van der Waals surface area contributed by atoms with Gasteiger partial charge in [0.05, 0.1) is 5.02 Å². The fourth-order valence-corrected chi connectivity index (χ4v) is 2.94. The van der Waals surface area contributed by atoms with Gasteiger partial charge >= 0.3 is 0 Å². The summed E-state index contributed by atoms with van der Waals surface area (Å²) in [4.78, 5) is 3.78. The maximum absolute atomic E-state index is 12.2. The standard InChI is InChI=1S/C11H14ClN5O2S/c1-2-6-17-7-9(10(13)15-17)20(18,19)16-11-8(12)4-3-5-14-11/h3-5,7H,2,6H2,1H3,(H2,13,15)(H,14,16). The summed E-state index contributed by atoms with van der Waals surface area (Å²) in [5, 5.41) is 4.16. The van der Waals surface area contributed by atoms with E-state index >= 15 is 0 Å². The molecule has 2 heterocycles. The summed E-state index contributed by atoms with van der Waals surface area (Å²) in [5.41, 5.74) is 5.64. The first kappa shape index (κ1) is 14.6. The number of hydrogen-bond donors (Lipinski definition) is 2. The van der Waals surface area contributed by atoms with Gasteiger partial charge < -0.3 is 5.73 Å². The number of nitrogens with zero attached hydrogens (tertiary/aromatic N) is 3. The Bertz CT molecular complexity index is 713. The monoisotopic (exact) mass is 315 g/mol. The van der Waals surface area contributed by atoms with Crippen LogP contribution in [0.25, 0.3) is 0 Å². The molecule has 0 aliphatic heterocycles. The highest BCUT2D eigenvalue weighted by atomic mass is 35.5. The van der Waals surface area contributed by atoms with Crippen LogP contribution in [-0.2, 0) is 16.6 Å². The van der Waals surface area contributed by atoms with Gasteiger partial charge in [0.2, 0.25) is 0 Å². The summed E-state index contributed by atoms with van der Waals surface area (Å²) in [6, 6.07) is 3.14. The molecule has 0 bridgehead atoms. The summed E-state index contributed by atoms with van der Waals surface area (Å²) in [5.74, 6) is -0.00480. The Morgan fingerprint density at radius 3 is 2.90 bits per heavy atom. The highest BCUT2D eigenvalue weighted by Crippen LogP contribution is 2.23. The molecule has 0 saturated heterocycles. The minimum absolute atomic E-state index is 0.0526. The van der Waals surface area contributed by atoms with E-state index in [1.807, 2.05) is 6.92 Å². The minimum atomic E-state index is -3.87. The number of rotatable bonds is 5. The Morgan fingerprint density at radius 1 is 1.50 bits per heavy atom. The zero-order chi connectivity index (χ0) is 14.8. The van der Waals surface area contributed by atoms with Crippen LogP contribution in [0.1, 0.15) is 13.3 Å². The number of halogens is 1. The number of nitrogen functional groups attached to an aromatic ring is 1. The van der Waals surface area contributed by atoms with Crippen LogP contribution in [0.15, 0.2) is 29.4 Å². The molecule has 0 unspecified atom stereocenters. The fraction of sp³-hybridized carbons (Fsp3) is 0.273. The molecule has 2 aromatic rings. The van der Waals surface area contributed by atoms with Crippen LogP contribution in [0.4, 0.5) is 11.6 Å². The Morgan fingerprint density at radius 2 is 2.25 bits per heavy atom. The molecule has 0 saturated carbocycles. The Hall–Kier alpha value is -1.80. The number of nitrogens with two attached hydrogens (primary N) is 1. The molecular weight excluding hydrogens is 302 g/mol. The average Bonchev–Trinajstić information content (AvgIpc) is 2.74. The highest BCUT2D eigenvalue weighted by molar-refractivity contribution is 7.92. The van der Waals surface area contributed by atoms with Crippen molar-refractivity contribution in [1.29, 1.82) is 0 Å². The number of pyridine rings is 1. The summed E-state index contributed by atoms with van der Waals surface area (Å²) < 4.78 is 28.3. The van der Waals surface area contributed by atoms with Crippen molar-refractivity contribution in [1.82, 2.24) is 14.8 Å². The summed E-state index contributed by atoms with van der Waals surface area (Å²) in [7, 11) is -3.87. The predicted molar refractivity (Wildman–Crippen MR) is 77.0 cm³/mol. The van der Waals surface area contributed by atoms with Gasteiger partial charge in [0.1, 0.15) is 4.90 Å². The quantitative estimate of drug-likeness (QED) is 0.874. The lowest BCUT2D eigenvalue weighted by Gasteiger charge is -2.06. The van der Waals surface area contributed by atoms with E-state index in [2.05, 4.69) is 14.8 Å². The van der Waals surface area contributed by atoms with E-state index in [1.54, 1.807) is 6.07 Å². The van der Waals surface area contributed by atoms with Crippen LogP contribution in [-0.4, -0.2) is 23.2 Å². The molecule has 9 heteroatoms. The van der Waals surface area contributed by atoms with Crippen LogP contribution in [0.3, 0.4) is 0 Å². The van der Waals surface area contributed by atoms with Gasteiger partial charge in [0, 0.05) is 18.9 Å². The van der Waals surface area contributed by atoms with Crippen LogP contribution in [0.2, 0.25) is 5.02 Å². The molecule has 0 fully saturated rings. The van der Waals surface area contributed by atoms with Crippen molar-refractivity contribution >= 4 is 33.3 Å². The van der Waals surface area contributed by atoms with Crippen molar-refractivity contribution in [3.05, 3.63) is 29.5 Å². The van der Waals surface area contributed by atoms with Gasteiger partial charge in [0.25, 0.3) is 10.0 Å². The van der Waals surface area contributed by atoms with E-state index < -0.39 is 10.0 Å². The van der Waals surface area contributed by atoms with E-state index in [-0.39, 0.29) is 21.6 Å². The number of anilines is 2. The fourth-order valence-electron chi connectivity index (χ4n) is 1.61. The van der Waals surface area contributed by atoms with Gasteiger partial charge in [-0.3, -0.25) is 9.40 Å². The first-order chi connectivity index (χ1) is 9.44. The number of aryl methyl sites for hydroxylation is 1. The molecule has 0 aliphatic rings. The molecule has 7 nitrogen and oxygen atoms in total. The van der Waals surface area contributed by atoms with Crippen LogP contribution in [0.5, 0.6) is 0 Å². The number of aromatic nitrogens is 3. The smallest absolute Gasteiger partial charge is 0.268 e. The minimum Gasteiger partial charge on any atom is -0.381 e. The van der Waals surface area contributed by atoms with E-state index in [4.69, 9.17) is 17.3 Å². The zero-order valence-corrected chi connectivity index (χ0v) is 12.3. The second-order valence-electron chi connectivity index (χ2n) is 4.08. The van der Waals surface area contributed by atoms with E-state index in [0.717, 1.165) is 6.42 Å². The van der Waals surface area contributed by atoms with E-state index in [9.17, 15) is 8.42 Å². The lowest BCUT2D eigenvalue weighted by molar-refractivity contribution is 0.595. The molecule has 3 N–H and O–H groups in total. The molecule has 0 spiro atoms. The molecule has 0 atom stereocenters. The Labute approximate surface area is 121 Å². The predicted octanol–water partition coefficient (Wildman–Crippen LogP) is 1.72.